The zero-order chi connectivity index (χ0) is 16.0. The number of nitrogens with one attached hydrogen (secondary N) is 2. The quantitative estimate of drug-likeness (QED) is 0.307. The summed E-state index contributed by atoms with van der Waals surface area (Å²) < 4.78 is 43.7. The van der Waals surface area contributed by atoms with E-state index in [0.717, 1.165) is 25.5 Å². The number of alkyl halides is 3. The van der Waals surface area contributed by atoms with Crippen LogP contribution in [0.4, 0.5) is 13.2 Å². The van der Waals surface area contributed by atoms with E-state index in [1.807, 2.05) is 6.92 Å². The second-order valence-corrected chi connectivity index (χ2v) is 5.02. The molecule has 8 heteroatoms. The number of para-hydroxylation sites is 1. The minimum atomic E-state index is -4.41. The Kier molecular flexibility index (Phi) is 7.93. The van der Waals surface area contributed by atoms with Crippen molar-refractivity contribution in [2.45, 2.75) is 32.0 Å². The van der Waals surface area contributed by atoms with E-state index in [4.69, 9.17) is 4.74 Å². The molecule has 4 nitrogen and oxygen atoms in total. The number of benzene rings is 1. The van der Waals surface area contributed by atoms with Gasteiger partial charge in [0.05, 0.1) is 12.1 Å². The fraction of sp³-hybridized carbons (Fsp3) is 0.533. The minimum Gasteiger partial charge on any atom is -0.491 e. The molecule has 0 heterocycles. The summed E-state index contributed by atoms with van der Waals surface area (Å²) in [5.74, 6) is 0.517. The number of nitrogens with zero attached hydrogens (tertiary/aromatic N) is 1. The highest BCUT2D eigenvalue weighted by molar-refractivity contribution is 14.0. The maximum absolute atomic E-state index is 12.8. The normalized spacial score (nSPS) is 14.9. The zero-order valence-electron chi connectivity index (χ0n) is 12.8. The van der Waals surface area contributed by atoms with E-state index >= 15 is 0 Å². The summed E-state index contributed by atoms with van der Waals surface area (Å²) in [5.41, 5.74) is -0.762. The van der Waals surface area contributed by atoms with E-state index in [0.29, 0.717) is 12.0 Å². The lowest BCUT2D eigenvalue weighted by Gasteiger charge is -2.13. The molecule has 1 aliphatic rings. The van der Waals surface area contributed by atoms with Crippen LogP contribution in [-0.2, 0) is 6.18 Å². The van der Waals surface area contributed by atoms with Crippen molar-refractivity contribution in [2.24, 2.45) is 4.99 Å². The summed E-state index contributed by atoms with van der Waals surface area (Å²) in [7, 11) is 0. The second kappa shape index (κ2) is 9.19. The maximum Gasteiger partial charge on any atom is 0.419 e. The Hall–Kier alpha value is -1.19. The van der Waals surface area contributed by atoms with Crippen molar-refractivity contribution in [3.8, 4) is 5.75 Å². The fourth-order valence-electron chi connectivity index (χ4n) is 1.88. The van der Waals surface area contributed by atoms with E-state index < -0.39 is 11.7 Å². The topological polar surface area (TPSA) is 45.7 Å². The summed E-state index contributed by atoms with van der Waals surface area (Å²) in [4.78, 5) is 4.29. The smallest absolute Gasteiger partial charge is 0.419 e. The van der Waals surface area contributed by atoms with Gasteiger partial charge in [0, 0.05) is 12.6 Å². The third kappa shape index (κ3) is 6.84. The summed E-state index contributed by atoms with van der Waals surface area (Å²) in [6.45, 7) is 3.07. The van der Waals surface area contributed by atoms with Crippen LogP contribution in [0.2, 0.25) is 0 Å². The fourth-order valence-corrected chi connectivity index (χ4v) is 1.88. The molecule has 1 aromatic rings. The molecule has 2 N–H and O–H groups in total. The van der Waals surface area contributed by atoms with E-state index in [9.17, 15) is 13.2 Å². The molecule has 0 radical (unpaired) electrons. The number of hydrogen-bond donors (Lipinski definition) is 2. The van der Waals surface area contributed by atoms with Gasteiger partial charge in [0.2, 0.25) is 0 Å². The van der Waals surface area contributed by atoms with E-state index in [1.165, 1.54) is 18.2 Å². The molecule has 1 aromatic carbocycles. The van der Waals surface area contributed by atoms with E-state index in [1.54, 1.807) is 0 Å². The molecule has 0 aliphatic heterocycles. The largest absolute Gasteiger partial charge is 0.491 e. The Balaban J connectivity index is 0.00000264. The number of guanidine groups is 1. The third-order valence-corrected chi connectivity index (χ3v) is 3.07. The van der Waals surface area contributed by atoms with Gasteiger partial charge in [-0.3, -0.25) is 0 Å². The maximum atomic E-state index is 12.8. The van der Waals surface area contributed by atoms with Gasteiger partial charge in [0.1, 0.15) is 12.4 Å². The standard InChI is InChI=1S/C15H20F3N3O.HI/c1-2-19-14(21-11-7-8-11)20-9-10-22-13-6-4-3-5-12(13)15(16,17)18;/h3-6,11H,2,7-10H2,1H3,(H2,19,20,21);1H. The molecule has 0 amide bonds. The van der Waals surface area contributed by atoms with Crippen LogP contribution < -0.4 is 15.4 Å². The van der Waals surface area contributed by atoms with Crippen molar-refractivity contribution in [3.63, 3.8) is 0 Å². The Morgan fingerprint density at radius 2 is 2.00 bits per heavy atom. The van der Waals surface area contributed by atoms with Crippen molar-refractivity contribution < 1.29 is 17.9 Å². The number of ether oxygens (including phenoxy) is 1. The molecule has 2 rings (SSSR count). The first-order valence-corrected chi connectivity index (χ1v) is 7.34. The molecule has 23 heavy (non-hydrogen) atoms. The average Bonchev–Trinajstić information content (AvgIpc) is 3.27. The monoisotopic (exact) mass is 443 g/mol. The predicted octanol–water partition coefficient (Wildman–Crippen LogP) is 3.42. The van der Waals surface area contributed by atoms with Crippen molar-refractivity contribution >= 4 is 29.9 Å². The molecule has 0 aromatic heterocycles. The Bertz CT molecular complexity index is 519. The first kappa shape index (κ1) is 19.9. The highest BCUT2D eigenvalue weighted by Gasteiger charge is 2.33. The van der Waals surface area contributed by atoms with Crippen LogP contribution in [0.1, 0.15) is 25.3 Å². The Morgan fingerprint density at radius 3 is 2.61 bits per heavy atom. The van der Waals surface area contributed by atoms with Gasteiger partial charge in [-0.1, -0.05) is 12.1 Å². The molecule has 0 saturated heterocycles. The van der Waals surface area contributed by atoms with Gasteiger partial charge < -0.3 is 15.4 Å². The molecule has 1 aliphatic carbocycles. The molecule has 0 atom stereocenters. The molecule has 0 bridgehead atoms. The van der Waals surface area contributed by atoms with Gasteiger partial charge in [-0.25, -0.2) is 4.99 Å². The van der Waals surface area contributed by atoms with Crippen LogP contribution in [0.25, 0.3) is 0 Å². The SMILES string of the molecule is CCNC(=NCCOc1ccccc1C(F)(F)F)NC1CC1.I. The van der Waals surface area contributed by atoms with Crippen LogP contribution >= 0.6 is 24.0 Å². The first-order chi connectivity index (χ1) is 10.5. The van der Waals surface area contributed by atoms with Gasteiger partial charge in [-0.05, 0) is 31.9 Å². The Labute approximate surface area is 150 Å². The lowest BCUT2D eigenvalue weighted by atomic mass is 10.2. The molecule has 1 saturated carbocycles. The Morgan fingerprint density at radius 1 is 1.30 bits per heavy atom. The first-order valence-electron chi connectivity index (χ1n) is 7.34. The number of rotatable bonds is 6. The molecular formula is C15H21F3IN3O. The van der Waals surface area contributed by atoms with Gasteiger partial charge >= 0.3 is 6.18 Å². The number of aliphatic imine (C=N–C) groups is 1. The van der Waals surface area contributed by atoms with Crippen molar-refractivity contribution in [2.75, 3.05) is 19.7 Å². The molecular weight excluding hydrogens is 422 g/mol. The average molecular weight is 443 g/mol. The lowest BCUT2D eigenvalue weighted by molar-refractivity contribution is -0.138. The van der Waals surface area contributed by atoms with Gasteiger partial charge in [-0.2, -0.15) is 13.2 Å². The summed E-state index contributed by atoms with van der Waals surface area (Å²) in [6.07, 6.45) is -2.16. The molecule has 0 spiro atoms. The van der Waals surface area contributed by atoms with Crippen LogP contribution in [0, 0.1) is 0 Å². The highest BCUT2D eigenvalue weighted by atomic mass is 127. The van der Waals surface area contributed by atoms with Crippen LogP contribution in [0.15, 0.2) is 29.3 Å². The van der Waals surface area contributed by atoms with E-state index in [2.05, 4.69) is 15.6 Å². The van der Waals surface area contributed by atoms with Crippen LogP contribution in [0.3, 0.4) is 0 Å². The van der Waals surface area contributed by atoms with Crippen LogP contribution in [-0.4, -0.2) is 31.7 Å². The van der Waals surface area contributed by atoms with Crippen LogP contribution in [0.5, 0.6) is 5.75 Å². The molecule has 1 fully saturated rings. The van der Waals surface area contributed by atoms with E-state index in [-0.39, 0.29) is 42.9 Å². The van der Waals surface area contributed by atoms with Crippen molar-refractivity contribution in [1.82, 2.24) is 10.6 Å². The van der Waals surface area contributed by atoms with Gasteiger partial charge in [0.15, 0.2) is 5.96 Å². The lowest BCUT2D eigenvalue weighted by Crippen LogP contribution is -2.38. The second-order valence-electron chi connectivity index (χ2n) is 5.02. The molecule has 130 valence electrons. The molecule has 0 unspecified atom stereocenters. The zero-order valence-corrected chi connectivity index (χ0v) is 15.2. The summed E-state index contributed by atoms with van der Waals surface area (Å²) in [5, 5.41) is 6.32. The number of hydrogen-bond acceptors (Lipinski definition) is 2. The van der Waals surface area contributed by atoms with Crippen molar-refractivity contribution in [1.29, 1.82) is 0 Å². The third-order valence-electron chi connectivity index (χ3n) is 3.07. The summed E-state index contributed by atoms with van der Waals surface area (Å²) >= 11 is 0. The highest BCUT2D eigenvalue weighted by Crippen LogP contribution is 2.35. The predicted molar refractivity (Wildman–Crippen MR) is 94.5 cm³/mol. The summed E-state index contributed by atoms with van der Waals surface area (Å²) in [6, 6.07) is 5.66. The number of halogens is 4. The van der Waals surface area contributed by atoms with Crippen molar-refractivity contribution in [3.05, 3.63) is 29.8 Å². The minimum absolute atomic E-state index is 0. The van der Waals surface area contributed by atoms with Gasteiger partial charge in [-0.15, -0.1) is 24.0 Å². The van der Waals surface area contributed by atoms with Gasteiger partial charge in [0.25, 0.3) is 0 Å².